The summed E-state index contributed by atoms with van der Waals surface area (Å²) in [6, 6.07) is 11.0. The molecule has 0 fully saturated rings. The van der Waals surface area contributed by atoms with E-state index < -0.39 is 0 Å². The minimum Gasteiger partial charge on any atom is -0.207 e. The zero-order chi connectivity index (χ0) is 14.0. The molecule has 0 nitrogen and oxygen atoms in total. The first-order valence-electron chi connectivity index (χ1n) is 6.12. The zero-order valence-corrected chi connectivity index (χ0v) is 13.2. The topological polar surface area (TPSA) is 0 Å². The van der Waals surface area contributed by atoms with Gasteiger partial charge in [0.05, 0.1) is 5.38 Å². The Morgan fingerprint density at radius 3 is 2.58 bits per heavy atom. The highest BCUT2D eigenvalue weighted by Crippen LogP contribution is 2.32. The highest BCUT2D eigenvalue weighted by Gasteiger charge is 2.14. The molecule has 0 radical (unpaired) electrons. The second-order valence-corrected chi connectivity index (χ2v) is 6.15. The standard InChI is InChI=1S/C16H15BrClF/c1-10-3-4-11(2)12(7-10)8-16(18)14-6-5-13(19)9-15(14)17/h3-7,9,16H,8H2,1-2H3. The van der Waals surface area contributed by atoms with E-state index in [-0.39, 0.29) is 11.2 Å². The predicted molar refractivity (Wildman–Crippen MR) is 82.3 cm³/mol. The van der Waals surface area contributed by atoms with Gasteiger partial charge >= 0.3 is 0 Å². The van der Waals surface area contributed by atoms with Gasteiger partial charge in [-0.15, -0.1) is 11.6 Å². The fourth-order valence-corrected chi connectivity index (χ4v) is 3.19. The molecule has 1 unspecified atom stereocenters. The van der Waals surface area contributed by atoms with Crippen molar-refractivity contribution in [1.82, 2.24) is 0 Å². The minimum absolute atomic E-state index is 0.171. The monoisotopic (exact) mass is 340 g/mol. The van der Waals surface area contributed by atoms with Gasteiger partial charge in [0.25, 0.3) is 0 Å². The van der Waals surface area contributed by atoms with E-state index in [1.807, 2.05) is 0 Å². The van der Waals surface area contributed by atoms with E-state index in [9.17, 15) is 4.39 Å². The molecule has 0 spiro atoms. The summed E-state index contributed by atoms with van der Waals surface area (Å²) in [6.45, 7) is 4.15. The van der Waals surface area contributed by atoms with Gasteiger partial charge in [0, 0.05) is 4.47 Å². The summed E-state index contributed by atoms with van der Waals surface area (Å²) in [5, 5.41) is -0.171. The van der Waals surface area contributed by atoms with Crippen LogP contribution in [-0.2, 0) is 6.42 Å². The Bertz CT molecular complexity index is 595. The quantitative estimate of drug-likeness (QED) is 0.626. The van der Waals surface area contributed by atoms with Gasteiger partial charge in [-0.05, 0) is 49.1 Å². The molecule has 100 valence electrons. The normalized spacial score (nSPS) is 12.5. The summed E-state index contributed by atoms with van der Waals surface area (Å²) in [4.78, 5) is 0. The lowest BCUT2D eigenvalue weighted by Crippen LogP contribution is -2.00. The molecule has 0 saturated carbocycles. The van der Waals surface area contributed by atoms with Gasteiger partial charge in [0.1, 0.15) is 5.82 Å². The highest BCUT2D eigenvalue weighted by atomic mass is 79.9. The summed E-state index contributed by atoms with van der Waals surface area (Å²) in [6.07, 6.45) is 0.735. The number of benzene rings is 2. The molecular formula is C16H15BrClF. The number of aryl methyl sites for hydroxylation is 2. The molecule has 0 N–H and O–H groups in total. The van der Waals surface area contributed by atoms with Crippen molar-refractivity contribution in [2.75, 3.05) is 0 Å². The first-order chi connectivity index (χ1) is 8.97. The number of hydrogen-bond donors (Lipinski definition) is 0. The molecule has 2 aromatic rings. The zero-order valence-electron chi connectivity index (χ0n) is 10.9. The summed E-state index contributed by atoms with van der Waals surface area (Å²) >= 11 is 9.84. The van der Waals surface area contributed by atoms with Crippen LogP contribution in [-0.4, -0.2) is 0 Å². The molecule has 0 saturated heterocycles. The van der Waals surface area contributed by atoms with Crippen molar-refractivity contribution in [3.63, 3.8) is 0 Å². The molecule has 1 atom stereocenters. The van der Waals surface area contributed by atoms with Crippen LogP contribution in [0, 0.1) is 19.7 Å². The van der Waals surface area contributed by atoms with Crippen molar-refractivity contribution >= 4 is 27.5 Å². The van der Waals surface area contributed by atoms with Gasteiger partial charge < -0.3 is 0 Å². The summed E-state index contributed by atoms with van der Waals surface area (Å²) in [5.74, 6) is -0.258. The van der Waals surface area contributed by atoms with Crippen molar-refractivity contribution in [2.45, 2.75) is 25.6 Å². The van der Waals surface area contributed by atoms with Crippen molar-refractivity contribution in [3.8, 4) is 0 Å². The molecule has 3 heteroatoms. The van der Waals surface area contributed by atoms with Crippen molar-refractivity contribution in [3.05, 3.63) is 68.9 Å². The number of rotatable bonds is 3. The maximum Gasteiger partial charge on any atom is 0.124 e. The van der Waals surface area contributed by atoms with Gasteiger partial charge in [-0.2, -0.15) is 0 Å². The van der Waals surface area contributed by atoms with Crippen molar-refractivity contribution < 1.29 is 4.39 Å². The average Bonchev–Trinajstić information content (AvgIpc) is 2.33. The first-order valence-corrected chi connectivity index (χ1v) is 7.35. The SMILES string of the molecule is Cc1ccc(C)c(CC(Cl)c2ccc(F)cc2Br)c1. The third-order valence-corrected chi connectivity index (χ3v) is 4.28. The lowest BCUT2D eigenvalue weighted by molar-refractivity contribution is 0.625. The number of hydrogen-bond acceptors (Lipinski definition) is 0. The first kappa shape index (κ1) is 14.5. The van der Waals surface area contributed by atoms with Gasteiger partial charge in [-0.3, -0.25) is 0 Å². The number of alkyl halides is 1. The second-order valence-electron chi connectivity index (χ2n) is 4.77. The molecule has 2 rings (SSSR count). The van der Waals surface area contributed by atoms with E-state index in [2.05, 4.69) is 48.0 Å². The van der Waals surface area contributed by atoms with E-state index in [0.717, 1.165) is 16.5 Å². The molecule has 0 aliphatic carbocycles. The summed E-state index contributed by atoms with van der Waals surface area (Å²) in [7, 11) is 0. The second kappa shape index (κ2) is 6.06. The Kier molecular flexibility index (Phi) is 4.64. The van der Waals surface area contributed by atoms with Crippen LogP contribution in [0.2, 0.25) is 0 Å². The smallest absolute Gasteiger partial charge is 0.124 e. The minimum atomic E-state index is -0.258. The Morgan fingerprint density at radius 1 is 1.16 bits per heavy atom. The average molecular weight is 342 g/mol. The number of halogens is 3. The van der Waals surface area contributed by atoms with Crippen LogP contribution < -0.4 is 0 Å². The maximum atomic E-state index is 13.1. The van der Waals surface area contributed by atoms with Crippen LogP contribution in [0.25, 0.3) is 0 Å². The fraction of sp³-hybridized carbons (Fsp3) is 0.250. The fourth-order valence-electron chi connectivity index (χ4n) is 2.08. The third kappa shape index (κ3) is 3.58. The van der Waals surface area contributed by atoms with E-state index >= 15 is 0 Å². The lowest BCUT2D eigenvalue weighted by atomic mass is 9.98. The van der Waals surface area contributed by atoms with Gasteiger partial charge in [-0.1, -0.05) is 45.8 Å². The van der Waals surface area contributed by atoms with Crippen molar-refractivity contribution in [2.24, 2.45) is 0 Å². The van der Waals surface area contributed by atoms with Crippen molar-refractivity contribution in [1.29, 1.82) is 0 Å². The van der Waals surface area contributed by atoms with E-state index in [1.165, 1.54) is 28.8 Å². The van der Waals surface area contributed by atoms with Crippen LogP contribution in [0.4, 0.5) is 4.39 Å². The predicted octanol–water partition coefficient (Wildman–Crippen LogP) is 5.73. The Morgan fingerprint density at radius 2 is 1.89 bits per heavy atom. The van der Waals surface area contributed by atoms with Crippen LogP contribution in [0.15, 0.2) is 40.9 Å². The molecule has 0 heterocycles. The van der Waals surface area contributed by atoms with E-state index in [1.54, 1.807) is 6.07 Å². The van der Waals surface area contributed by atoms with E-state index in [0.29, 0.717) is 0 Å². The Balaban J connectivity index is 2.25. The van der Waals surface area contributed by atoms with Crippen LogP contribution in [0.5, 0.6) is 0 Å². The Hall–Kier alpha value is -0.860. The van der Waals surface area contributed by atoms with Crippen LogP contribution in [0.1, 0.15) is 27.6 Å². The molecule has 0 aromatic heterocycles. The maximum absolute atomic E-state index is 13.1. The van der Waals surface area contributed by atoms with Gasteiger partial charge in [0.15, 0.2) is 0 Å². The lowest BCUT2D eigenvalue weighted by Gasteiger charge is -2.14. The molecule has 0 amide bonds. The molecule has 2 aromatic carbocycles. The van der Waals surface area contributed by atoms with Crippen LogP contribution in [0.3, 0.4) is 0 Å². The molecule has 0 aliphatic rings. The molecule has 0 aliphatic heterocycles. The largest absolute Gasteiger partial charge is 0.207 e. The molecule has 0 bridgehead atoms. The van der Waals surface area contributed by atoms with Gasteiger partial charge in [0.2, 0.25) is 0 Å². The Labute approximate surface area is 126 Å². The molecular weight excluding hydrogens is 327 g/mol. The van der Waals surface area contributed by atoms with E-state index in [4.69, 9.17) is 11.6 Å². The summed E-state index contributed by atoms with van der Waals surface area (Å²) < 4.78 is 13.8. The highest BCUT2D eigenvalue weighted by molar-refractivity contribution is 9.10. The molecule has 19 heavy (non-hydrogen) atoms. The third-order valence-electron chi connectivity index (χ3n) is 3.20. The van der Waals surface area contributed by atoms with Gasteiger partial charge in [-0.25, -0.2) is 4.39 Å². The summed E-state index contributed by atoms with van der Waals surface area (Å²) in [5.41, 5.74) is 4.61. The van der Waals surface area contributed by atoms with Crippen LogP contribution >= 0.6 is 27.5 Å².